The topological polar surface area (TPSA) is 0 Å². The summed E-state index contributed by atoms with van der Waals surface area (Å²) in [5.41, 5.74) is 1.73. The standard InChI is InChI=1S/C15H12F3/c1-2-11-5-3-6-12(9-11)13-7-4-8-14(10-13)15(16,17)18/h3-10H,1-2H2. The second-order valence-electron chi connectivity index (χ2n) is 4.03. The molecule has 0 N–H and O–H groups in total. The van der Waals surface area contributed by atoms with Crippen LogP contribution in [0.2, 0.25) is 0 Å². The minimum absolute atomic E-state index is 0.570. The quantitative estimate of drug-likeness (QED) is 0.720. The maximum atomic E-state index is 12.6. The first-order valence-corrected chi connectivity index (χ1v) is 5.56. The summed E-state index contributed by atoms with van der Waals surface area (Å²) in [6.07, 6.45) is -3.69. The summed E-state index contributed by atoms with van der Waals surface area (Å²) in [5.74, 6) is 0. The molecule has 18 heavy (non-hydrogen) atoms. The van der Waals surface area contributed by atoms with Crippen LogP contribution in [0.3, 0.4) is 0 Å². The Bertz CT molecular complexity index is 541. The minimum atomic E-state index is -4.31. The molecule has 2 aromatic rings. The third-order valence-electron chi connectivity index (χ3n) is 2.74. The van der Waals surface area contributed by atoms with Crippen LogP contribution in [0.15, 0.2) is 48.5 Å². The number of alkyl halides is 3. The van der Waals surface area contributed by atoms with E-state index in [4.69, 9.17) is 0 Å². The third kappa shape index (κ3) is 2.73. The Morgan fingerprint density at radius 3 is 2.11 bits per heavy atom. The largest absolute Gasteiger partial charge is 0.416 e. The Kier molecular flexibility index (Phi) is 3.41. The molecule has 2 rings (SSSR count). The lowest BCUT2D eigenvalue weighted by Gasteiger charge is -2.09. The van der Waals surface area contributed by atoms with Gasteiger partial charge in [-0.2, -0.15) is 13.2 Å². The molecule has 0 unspecified atom stereocenters. The van der Waals surface area contributed by atoms with E-state index < -0.39 is 11.7 Å². The van der Waals surface area contributed by atoms with Crippen molar-refractivity contribution in [1.82, 2.24) is 0 Å². The lowest BCUT2D eigenvalue weighted by molar-refractivity contribution is -0.137. The van der Waals surface area contributed by atoms with E-state index in [1.165, 1.54) is 12.1 Å². The Morgan fingerprint density at radius 2 is 1.50 bits per heavy atom. The minimum Gasteiger partial charge on any atom is -0.166 e. The van der Waals surface area contributed by atoms with Gasteiger partial charge in [-0.1, -0.05) is 36.4 Å². The average molecular weight is 249 g/mol. The highest BCUT2D eigenvalue weighted by Gasteiger charge is 2.30. The average Bonchev–Trinajstić information content (AvgIpc) is 2.38. The van der Waals surface area contributed by atoms with Gasteiger partial charge in [0.2, 0.25) is 0 Å². The predicted molar refractivity (Wildman–Crippen MR) is 65.9 cm³/mol. The van der Waals surface area contributed by atoms with Crippen molar-refractivity contribution in [2.24, 2.45) is 0 Å². The van der Waals surface area contributed by atoms with Gasteiger partial charge in [-0.25, -0.2) is 0 Å². The number of halogens is 3. The molecular weight excluding hydrogens is 237 g/mol. The van der Waals surface area contributed by atoms with Gasteiger partial charge in [-0.05, 0) is 42.2 Å². The molecule has 0 saturated carbocycles. The van der Waals surface area contributed by atoms with Crippen molar-refractivity contribution in [3.05, 3.63) is 66.6 Å². The van der Waals surface area contributed by atoms with Crippen molar-refractivity contribution in [2.75, 3.05) is 0 Å². The van der Waals surface area contributed by atoms with Gasteiger partial charge in [0.25, 0.3) is 0 Å². The molecule has 0 amide bonds. The van der Waals surface area contributed by atoms with Crippen LogP contribution in [0.25, 0.3) is 11.1 Å². The van der Waals surface area contributed by atoms with E-state index in [1.807, 2.05) is 18.2 Å². The third-order valence-corrected chi connectivity index (χ3v) is 2.74. The Balaban J connectivity index is 2.44. The molecule has 3 heteroatoms. The molecule has 93 valence electrons. The molecule has 1 radical (unpaired) electrons. The van der Waals surface area contributed by atoms with E-state index in [1.54, 1.807) is 12.1 Å². The summed E-state index contributed by atoms with van der Waals surface area (Å²) in [5, 5.41) is 0. The monoisotopic (exact) mass is 249 g/mol. The maximum absolute atomic E-state index is 12.6. The molecule has 0 aliphatic heterocycles. The first-order valence-electron chi connectivity index (χ1n) is 5.56. The van der Waals surface area contributed by atoms with Crippen molar-refractivity contribution >= 4 is 0 Å². The predicted octanol–water partition coefficient (Wildman–Crippen LogP) is 4.75. The zero-order valence-corrected chi connectivity index (χ0v) is 9.67. The zero-order chi connectivity index (χ0) is 13.2. The zero-order valence-electron chi connectivity index (χ0n) is 9.67. The molecule has 0 aliphatic rings. The fourth-order valence-corrected chi connectivity index (χ4v) is 1.78. The van der Waals surface area contributed by atoms with E-state index in [-0.39, 0.29) is 0 Å². The van der Waals surface area contributed by atoms with Crippen molar-refractivity contribution < 1.29 is 13.2 Å². The van der Waals surface area contributed by atoms with Crippen LogP contribution in [-0.4, -0.2) is 0 Å². The van der Waals surface area contributed by atoms with E-state index in [2.05, 4.69) is 6.92 Å². The van der Waals surface area contributed by atoms with Crippen molar-refractivity contribution in [3.63, 3.8) is 0 Å². The van der Waals surface area contributed by atoms with E-state index in [9.17, 15) is 13.2 Å². The molecule has 0 saturated heterocycles. The van der Waals surface area contributed by atoms with Crippen LogP contribution in [0, 0.1) is 6.92 Å². The SMILES string of the molecule is [CH2]Cc1cccc(-c2cccc(C(F)(F)F)c2)c1. The fourth-order valence-electron chi connectivity index (χ4n) is 1.78. The number of rotatable bonds is 2. The molecule has 0 aromatic heterocycles. The molecule has 0 fully saturated rings. The van der Waals surface area contributed by atoms with Crippen LogP contribution in [-0.2, 0) is 12.6 Å². The van der Waals surface area contributed by atoms with Crippen molar-refractivity contribution in [1.29, 1.82) is 0 Å². The van der Waals surface area contributed by atoms with Crippen LogP contribution in [0.1, 0.15) is 11.1 Å². The van der Waals surface area contributed by atoms with Gasteiger partial charge in [0.05, 0.1) is 5.56 Å². The highest BCUT2D eigenvalue weighted by molar-refractivity contribution is 5.65. The highest BCUT2D eigenvalue weighted by atomic mass is 19.4. The molecule has 0 atom stereocenters. The Morgan fingerprint density at radius 1 is 0.889 bits per heavy atom. The summed E-state index contributed by atoms with van der Waals surface area (Å²) in [6.45, 7) is 3.77. The lowest BCUT2D eigenvalue weighted by atomic mass is 10.0. The van der Waals surface area contributed by atoms with Gasteiger partial charge >= 0.3 is 6.18 Å². The summed E-state index contributed by atoms with van der Waals surface area (Å²) < 4.78 is 37.9. The van der Waals surface area contributed by atoms with Crippen LogP contribution in [0.5, 0.6) is 0 Å². The van der Waals surface area contributed by atoms with Crippen molar-refractivity contribution in [2.45, 2.75) is 12.6 Å². The first-order chi connectivity index (χ1) is 8.50. The molecule has 0 spiro atoms. The second kappa shape index (κ2) is 4.84. The van der Waals surface area contributed by atoms with Gasteiger partial charge in [-0.3, -0.25) is 0 Å². The molecular formula is C15H12F3. The molecule has 0 bridgehead atoms. The summed E-state index contributed by atoms with van der Waals surface area (Å²) in [6, 6.07) is 12.8. The van der Waals surface area contributed by atoms with Crippen LogP contribution in [0.4, 0.5) is 13.2 Å². The Hall–Kier alpha value is -1.77. The van der Waals surface area contributed by atoms with E-state index >= 15 is 0 Å². The van der Waals surface area contributed by atoms with Gasteiger partial charge in [-0.15, -0.1) is 0 Å². The Labute approximate surface area is 104 Å². The van der Waals surface area contributed by atoms with Crippen LogP contribution >= 0.6 is 0 Å². The lowest BCUT2D eigenvalue weighted by Crippen LogP contribution is -2.04. The summed E-state index contributed by atoms with van der Waals surface area (Å²) in [7, 11) is 0. The highest BCUT2D eigenvalue weighted by Crippen LogP contribution is 2.32. The van der Waals surface area contributed by atoms with E-state index in [0.717, 1.165) is 17.2 Å². The fraction of sp³-hybridized carbons (Fsp3) is 0.133. The maximum Gasteiger partial charge on any atom is 0.416 e. The van der Waals surface area contributed by atoms with E-state index in [0.29, 0.717) is 12.0 Å². The molecule has 0 nitrogen and oxygen atoms in total. The number of hydrogen-bond donors (Lipinski definition) is 0. The summed E-state index contributed by atoms with van der Waals surface area (Å²) >= 11 is 0. The normalized spacial score (nSPS) is 11.6. The van der Waals surface area contributed by atoms with Gasteiger partial charge in [0.1, 0.15) is 0 Å². The molecule has 2 aromatic carbocycles. The smallest absolute Gasteiger partial charge is 0.166 e. The second-order valence-corrected chi connectivity index (χ2v) is 4.03. The van der Waals surface area contributed by atoms with Crippen LogP contribution < -0.4 is 0 Å². The summed E-state index contributed by atoms with van der Waals surface area (Å²) in [4.78, 5) is 0. The number of benzene rings is 2. The van der Waals surface area contributed by atoms with Gasteiger partial charge < -0.3 is 0 Å². The molecule has 0 heterocycles. The number of hydrogen-bond acceptors (Lipinski definition) is 0. The first kappa shape index (κ1) is 12.7. The van der Waals surface area contributed by atoms with Gasteiger partial charge in [0.15, 0.2) is 0 Å². The van der Waals surface area contributed by atoms with Gasteiger partial charge in [0, 0.05) is 0 Å². The van der Waals surface area contributed by atoms with Crippen molar-refractivity contribution in [3.8, 4) is 11.1 Å². The molecule has 0 aliphatic carbocycles.